The molecule has 0 spiro atoms. The maximum atomic E-state index is 10.6. The molecular weight excluding hydrogens is 232 g/mol. The van der Waals surface area contributed by atoms with E-state index >= 15 is 0 Å². The van der Waals surface area contributed by atoms with Crippen LogP contribution in [-0.2, 0) is 13.1 Å². The predicted molar refractivity (Wildman–Crippen MR) is 65.2 cm³/mol. The number of carboxylic acid groups (broad SMARTS) is 1. The highest BCUT2D eigenvalue weighted by molar-refractivity contribution is 5.85. The number of hydrogen-bond acceptors (Lipinski definition) is 4. The molecule has 18 heavy (non-hydrogen) atoms. The van der Waals surface area contributed by atoms with Crippen LogP contribution < -0.4 is 5.32 Å². The third kappa shape index (κ3) is 3.18. The molecule has 0 bridgehead atoms. The minimum Gasteiger partial charge on any atom is -0.476 e. The average Bonchev–Trinajstić information content (AvgIpc) is 2.81. The molecule has 0 saturated carbocycles. The first-order chi connectivity index (χ1) is 8.65. The maximum absolute atomic E-state index is 10.6. The Labute approximate surface area is 104 Å². The summed E-state index contributed by atoms with van der Waals surface area (Å²) in [5, 5.41) is 15.3. The van der Waals surface area contributed by atoms with Gasteiger partial charge in [0.2, 0.25) is 0 Å². The van der Waals surface area contributed by atoms with Crippen molar-refractivity contribution in [2.45, 2.75) is 20.0 Å². The highest BCUT2D eigenvalue weighted by Gasteiger charge is 2.09. The molecule has 0 aliphatic heterocycles. The summed E-state index contributed by atoms with van der Waals surface area (Å²) in [5.74, 6) is -0.567. The number of hydrogen-bond donors (Lipinski definition) is 2. The number of carboxylic acids is 1. The molecule has 2 N–H and O–H groups in total. The lowest BCUT2D eigenvalue weighted by Gasteiger charge is -2.02. The summed E-state index contributed by atoms with van der Waals surface area (Å²) in [6, 6.07) is 9.61. The third-order valence-corrected chi connectivity index (χ3v) is 2.53. The predicted octanol–water partition coefficient (Wildman–Crippen LogP) is 1.97. The van der Waals surface area contributed by atoms with E-state index in [-0.39, 0.29) is 5.69 Å². The molecule has 1 aromatic heterocycles. The largest absolute Gasteiger partial charge is 0.476 e. The van der Waals surface area contributed by atoms with Crippen LogP contribution in [0.15, 0.2) is 34.9 Å². The summed E-state index contributed by atoms with van der Waals surface area (Å²) in [5.41, 5.74) is 2.32. The highest BCUT2D eigenvalue weighted by Crippen LogP contribution is 2.05. The van der Waals surface area contributed by atoms with Gasteiger partial charge in [0.15, 0.2) is 11.5 Å². The second-order valence-electron chi connectivity index (χ2n) is 4.07. The minimum absolute atomic E-state index is 0.0675. The number of nitrogens with zero attached hydrogens (tertiary/aromatic N) is 1. The molecule has 0 aliphatic carbocycles. The van der Waals surface area contributed by atoms with Gasteiger partial charge in [0, 0.05) is 12.6 Å². The number of nitrogens with one attached hydrogen (secondary N) is 1. The lowest BCUT2D eigenvalue weighted by atomic mass is 10.1. The maximum Gasteiger partial charge on any atom is 0.358 e. The number of aryl methyl sites for hydroxylation is 1. The lowest BCUT2D eigenvalue weighted by Crippen LogP contribution is -2.12. The Balaban J connectivity index is 1.84. The second kappa shape index (κ2) is 5.46. The Morgan fingerprint density at radius 3 is 2.67 bits per heavy atom. The zero-order chi connectivity index (χ0) is 13.0. The van der Waals surface area contributed by atoms with Crippen LogP contribution in [0.1, 0.15) is 27.4 Å². The Hall–Kier alpha value is -2.14. The molecule has 0 atom stereocenters. The molecule has 0 unspecified atom stereocenters. The van der Waals surface area contributed by atoms with Crippen LogP contribution >= 0.6 is 0 Å². The summed E-state index contributed by atoms with van der Waals surface area (Å²) in [4.78, 5) is 10.6. The lowest BCUT2D eigenvalue weighted by molar-refractivity contribution is 0.0685. The van der Waals surface area contributed by atoms with E-state index in [9.17, 15) is 4.79 Å². The molecule has 94 valence electrons. The van der Waals surface area contributed by atoms with Crippen LogP contribution in [0.4, 0.5) is 0 Å². The normalized spacial score (nSPS) is 10.5. The van der Waals surface area contributed by atoms with Crippen molar-refractivity contribution in [2.24, 2.45) is 0 Å². The summed E-state index contributed by atoms with van der Waals surface area (Å²) in [7, 11) is 0. The SMILES string of the molecule is Cc1ccc(CNCc2cc(C(=O)O)no2)cc1. The zero-order valence-corrected chi connectivity index (χ0v) is 10.0. The van der Waals surface area contributed by atoms with E-state index in [4.69, 9.17) is 9.63 Å². The van der Waals surface area contributed by atoms with Crippen LogP contribution in [0.3, 0.4) is 0 Å². The van der Waals surface area contributed by atoms with Gasteiger partial charge in [0.05, 0.1) is 6.54 Å². The summed E-state index contributed by atoms with van der Waals surface area (Å²) in [6.45, 7) is 3.19. The molecular formula is C13H14N2O3. The van der Waals surface area contributed by atoms with Gasteiger partial charge in [-0.1, -0.05) is 35.0 Å². The van der Waals surface area contributed by atoms with Gasteiger partial charge in [-0.3, -0.25) is 0 Å². The van der Waals surface area contributed by atoms with E-state index in [0.717, 1.165) is 0 Å². The fourth-order valence-electron chi connectivity index (χ4n) is 1.53. The highest BCUT2D eigenvalue weighted by atomic mass is 16.5. The first-order valence-electron chi connectivity index (χ1n) is 5.60. The van der Waals surface area contributed by atoms with Crippen molar-refractivity contribution >= 4 is 5.97 Å². The summed E-state index contributed by atoms with van der Waals surface area (Å²) < 4.78 is 4.89. The quantitative estimate of drug-likeness (QED) is 0.843. The Bertz CT molecular complexity index is 531. The molecule has 0 aliphatic rings. The Morgan fingerprint density at radius 2 is 2.06 bits per heavy atom. The third-order valence-electron chi connectivity index (χ3n) is 2.53. The van der Waals surface area contributed by atoms with Crippen LogP contribution in [0, 0.1) is 6.92 Å². The van der Waals surface area contributed by atoms with Gasteiger partial charge >= 0.3 is 5.97 Å². The first kappa shape index (κ1) is 12.3. The van der Waals surface area contributed by atoms with Crippen molar-refractivity contribution in [3.05, 3.63) is 52.9 Å². The van der Waals surface area contributed by atoms with E-state index < -0.39 is 5.97 Å². The monoisotopic (exact) mass is 246 g/mol. The number of aromatic nitrogens is 1. The number of aromatic carboxylic acids is 1. The van der Waals surface area contributed by atoms with Crippen molar-refractivity contribution in [3.63, 3.8) is 0 Å². The van der Waals surface area contributed by atoms with Crippen molar-refractivity contribution < 1.29 is 14.4 Å². The summed E-state index contributed by atoms with van der Waals surface area (Å²) >= 11 is 0. The number of benzene rings is 1. The molecule has 5 heteroatoms. The van der Waals surface area contributed by atoms with Gasteiger partial charge < -0.3 is 14.9 Å². The average molecular weight is 246 g/mol. The Kier molecular flexibility index (Phi) is 3.74. The Morgan fingerprint density at radius 1 is 1.33 bits per heavy atom. The fraction of sp³-hybridized carbons (Fsp3) is 0.231. The van der Waals surface area contributed by atoms with Crippen molar-refractivity contribution in [2.75, 3.05) is 0 Å². The smallest absolute Gasteiger partial charge is 0.358 e. The van der Waals surface area contributed by atoms with Crippen LogP contribution in [0.25, 0.3) is 0 Å². The van der Waals surface area contributed by atoms with Gasteiger partial charge in [-0.15, -0.1) is 0 Å². The van der Waals surface area contributed by atoms with Crippen LogP contribution in [0.2, 0.25) is 0 Å². The summed E-state index contributed by atoms with van der Waals surface area (Å²) in [6.07, 6.45) is 0. The van der Waals surface area contributed by atoms with Crippen LogP contribution in [-0.4, -0.2) is 16.2 Å². The standard InChI is InChI=1S/C13H14N2O3/c1-9-2-4-10(5-3-9)7-14-8-11-6-12(13(16)17)15-18-11/h2-6,14H,7-8H2,1H3,(H,16,17). The van der Waals surface area contributed by atoms with Gasteiger partial charge in [-0.05, 0) is 12.5 Å². The fourth-order valence-corrected chi connectivity index (χ4v) is 1.53. The molecule has 2 aromatic rings. The van der Waals surface area contributed by atoms with E-state index in [2.05, 4.69) is 10.5 Å². The molecule has 2 rings (SSSR count). The minimum atomic E-state index is -1.08. The molecule has 0 radical (unpaired) electrons. The molecule has 5 nitrogen and oxygen atoms in total. The molecule has 1 aromatic carbocycles. The second-order valence-corrected chi connectivity index (χ2v) is 4.07. The van der Waals surface area contributed by atoms with Crippen LogP contribution in [0.5, 0.6) is 0 Å². The van der Waals surface area contributed by atoms with Crippen molar-refractivity contribution in [1.29, 1.82) is 0 Å². The molecule has 1 heterocycles. The molecule has 0 amide bonds. The van der Waals surface area contributed by atoms with E-state index in [1.54, 1.807) is 0 Å². The molecule has 0 saturated heterocycles. The van der Waals surface area contributed by atoms with Gasteiger partial charge in [-0.2, -0.15) is 0 Å². The van der Waals surface area contributed by atoms with E-state index in [0.29, 0.717) is 18.8 Å². The van der Waals surface area contributed by atoms with E-state index in [1.165, 1.54) is 17.2 Å². The number of rotatable bonds is 5. The van der Waals surface area contributed by atoms with Gasteiger partial charge in [0.1, 0.15) is 0 Å². The van der Waals surface area contributed by atoms with Gasteiger partial charge in [0.25, 0.3) is 0 Å². The first-order valence-corrected chi connectivity index (χ1v) is 5.60. The van der Waals surface area contributed by atoms with Crippen molar-refractivity contribution in [3.8, 4) is 0 Å². The topological polar surface area (TPSA) is 75.4 Å². The van der Waals surface area contributed by atoms with Crippen molar-refractivity contribution in [1.82, 2.24) is 10.5 Å². The molecule has 0 fully saturated rings. The van der Waals surface area contributed by atoms with Gasteiger partial charge in [-0.25, -0.2) is 4.79 Å². The number of carbonyl (C=O) groups is 1. The zero-order valence-electron chi connectivity index (χ0n) is 10.0. The van der Waals surface area contributed by atoms with E-state index in [1.807, 2.05) is 31.2 Å².